The van der Waals surface area contributed by atoms with Crippen LogP contribution in [0.15, 0.2) is 35.1 Å². The number of nitrogens with two attached hydrogens (primary N) is 1. The van der Waals surface area contributed by atoms with Gasteiger partial charge in [-0.25, -0.2) is 4.79 Å². The first-order valence-electron chi connectivity index (χ1n) is 8.35. The number of anilines is 1. The lowest BCUT2D eigenvalue weighted by Gasteiger charge is -2.14. The molecular weight excluding hydrogens is 302 g/mol. The highest BCUT2D eigenvalue weighted by Crippen LogP contribution is 2.19. The molecule has 1 aliphatic heterocycles. The maximum absolute atomic E-state index is 11.4. The van der Waals surface area contributed by atoms with Crippen LogP contribution in [0.4, 0.5) is 5.82 Å². The Balaban J connectivity index is 1.50. The average molecular weight is 323 g/mol. The number of nitrogen functional groups attached to an aromatic ring is 1. The Labute approximate surface area is 139 Å². The van der Waals surface area contributed by atoms with Crippen LogP contribution in [0.3, 0.4) is 0 Å². The number of aromatic nitrogens is 3. The second-order valence-electron chi connectivity index (χ2n) is 6.49. The zero-order valence-electron chi connectivity index (χ0n) is 13.5. The Kier molecular flexibility index (Phi) is 3.82. The molecule has 6 heteroatoms. The molecule has 6 nitrogen and oxygen atoms in total. The van der Waals surface area contributed by atoms with E-state index < -0.39 is 5.69 Å². The predicted molar refractivity (Wildman–Crippen MR) is 94.9 cm³/mol. The van der Waals surface area contributed by atoms with Crippen molar-refractivity contribution < 1.29 is 0 Å². The van der Waals surface area contributed by atoms with Crippen molar-refractivity contribution in [3.8, 4) is 0 Å². The molecule has 124 valence electrons. The molecule has 0 saturated carbocycles. The van der Waals surface area contributed by atoms with E-state index in [4.69, 9.17) is 5.73 Å². The van der Waals surface area contributed by atoms with Crippen molar-refractivity contribution in [3.05, 3.63) is 57.6 Å². The molecule has 1 aliphatic rings. The lowest BCUT2D eigenvalue weighted by Crippen LogP contribution is -2.18. The normalized spacial score (nSPS) is 15.3. The van der Waals surface area contributed by atoms with Gasteiger partial charge in [-0.1, -0.05) is 24.3 Å². The number of fused-ring (bicyclic) bond motifs is 1. The first-order valence-corrected chi connectivity index (χ1v) is 8.35. The Bertz CT molecular complexity index is 903. The molecule has 0 radical (unpaired) electrons. The molecule has 4 N–H and O–H groups in total. The van der Waals surface area contributed by atoms with Gasteiger partial charge in [-0.2, -0.15) is 4.98 Å². The van der Waals surface area contributed by atoms with Crippen LogP contribution in [0, 0.1) is 0 Å². The van der Waals surface area contributed by atoms with E-state index in [9.17, 15) is 4.79 Å². The topological polar surface area (TPSA) is 90.8 Å². The van der Waals surface area contributed by atoms with Gasteiger partial charge in [0.1, 0.15) is 11.5 Å². The maximum Gasteiger partial charge on any atom is 0.348 e. The van der Waals surface area contributed by atoms with Crippen molar-refractivity contribution in [1.29, 1.82) is 0 Å². The molecule has 1 saturated heterocycles. The molecule has 0 aliphatic carbocycles. The Morgan fingerprint density at radius 1 is 1.08 bits per heavy atom. The van der Waals surface area contributed by atoms with E-state index in [1.54, 1.807) is 0 Å². The summed E-state index contributed by atoms with van der Waals surface area (Å²) in [7, 11) is 0. The summed E-state index contributed by atoms with van der Waals surface area (Å²) in [6, 6.07) is 10.7. The third-order valence-electron chi connectivity index (χ3n) is 4.62. The van der Waals surface area contributed by atoms with Crippen LogP contribution in [0.5, 0.6) is 0 Å². The van der Waals surface area contributed by atoms with Crippen molar-refractivity contribution >= 4 is 16.9 Å². The van der Waals surface area contributed by atoms with E-state index in [0.717, 1.165) is 24.0 Å². The smallest absolute Gasteiger partial charge is 0.348 e. The summed E-state index contributed by atoms with van der Waals surface area (Å²) in [5.74, 6) is 0.355. The van der Waals surface area contributed by atoms with Crippen LogP contribution < -0.4 is 11.4 Å². The van der Waals surface area contributed by atoms with Crippen molar-refractivity contribution in [2.75, 3.05) is 18.8 Å². The quantitative estimate of drug-likeness (QED) is 0.685. The van der Waals surface area contributed by atoms with Gasteiger partial charge in [0, 0.05) is 18.7 Å². The molecule has 0 spiro atoms. The number of hydrogen-bond donors (Lipinski definition) is 3. The predicted octanol–water partition coefficient (Wildman–Crippen LogP) is 2.02. The maximum atomic E-state index is 11.4. The lowest BCUT2D eigenvalue weighted by atomic mass is 10.1. The molecule has 1 fully saturated rings. The number of likely N-dealkylation sites (tertiary alicyclic amines) is 1. The fourth-order valence-corrected chi connectivity index (χ4v) is 3.38. The third kappa shape index (κ3) is 3.05. The number of benzene rings is 1. The third-order valence-corrected chi connectivity index (χ3v) is 4.62. The van der Waals surface area contributed by atoms with E-state index in [2.05, 4.69) is 44.1 Å². The molecule has 0 unspecified atom stereocenters. The first kappa shape index (κ1) is 15.0. The van der Waals surface area contributed by atoms with Gasteiger partial charge in [0.05, 0.1) is 5.39 Å². The number of H-pyrrole nitrogens is 2. The van der Waals surface area contributed by atoms with E-state index in [1.165, 1.54) is 37.1 Å². The minimum Gasteiger partial charge on any atom is -0.385 e. The number of nitrogens with one attached hydrogen (secondary N) is 2. The minimum absolute atomic E-state index is 0.355. The first-order chi connectivity index (χ1) is 11.7. The van der Waals surface area contributed by atoms with Gasteiger partial charge >= 0.3 is 5.69 Å². The zero-order valence-corrected chi connectivity index (χ0v) is 13.5. The van der Waals surface area contributed by atoms with E-state index in [0.29, 0.717) is 11.5 Å². The Hall–Kier alpha value is -2.60. The highest BCUT2D eigenvalue weighted by Gasteiger charge is 2.12. The molecule has 3 heterocycles. The van der Waals surface area contributed by atoms with Gasteiger partial charge in [-0.3, -0.25) is 9.88 Å². The molecule has 1 aromatic carbocycles. The van der Waals surface area contributed by atoms with Crippen LogP contribution in [-0.2, 0) is 13.0 Å². The summed E-state index contributed by atoms with van der Waals surface area (Å²) in [4.78, 5) is 23.5. The molecule has 2 aromatic heterocycles. The second kappa shape index (κ2) is 6.13. The van der Waals surface area contributed by atoms with Gasteiger partial charge < -0.3 is 10.7 Å². The molecule has 3 aromatic rings. The van der Waals surface area contributed by atoms with E-state index >= 15 is 0 Å². The van der Waals surface area contributed by atoms with Crippen LogP contribution in [-0.4, -0.2) is 32.9 Å². The Morgan fingerprint density at radius 2 is 1.79 bits per heavy atom. The van der Waals surface area contributed by atoms with Gasteiger partial charge in [0.25, 0.3) is 0 Å². The lowest BCUT2D eigenvalue weighted by molar-refractivity contribution is 0.331. The zero-order chi connectivity index (χ0) is 16.5. The number of rotatable bonds is 4. The van der Waals surface area contributed by atoms with E-state index in [1.807, 2.05) is 6.07 Å². The van der Waals surface area contributed by atoms with Gasteiger partial charge in [0.2, 0.25) is 0 Å². The SMILES string of the molecule is Nc1[nH]c(=O)nc2[nH]c(Cc3ccc(CN4CCCC4)cc3)cc12. The fourth-order valence-electron chi connectivity index (χ4n) is 3.38. The highest BCUT2D eigenvalue weighted by molar-refractivity contribution is 5.86. The summed E-state index contributed by atoms with van der Waals surface area (Å²) in [6.07, 6.45) is 3.39. The summed E-state index contributed by atoms with van der Waals surface area (Å²) in [6.45, 7) is 3.46. The summed E-state index contributed by atoms with van der Waals surface area (Å²) in [5, 5.41) is 0.759. The highest BCUT2D eigenvalue weighted by atomic mass is 16.1. The summed E-state index contributed by atoms with van der Waals surface area (Å²) < 4.78 is 0. The van der Waals surface area contributed by atoms with Crippen molar-refractivity contribution in [1.82, 2.24) is 19.9 Å². The number of nitrogens with zero attached hydrogens (tertiary/aromatic N) is 2. The van der Waals surface area contributed by atoms with Crippen LogP contribution in [0.2, 0.25) is 0 Å². The minimum atomic E-state index is -0.431. The van der Waals surface area contributed by atoms with Crippen LogP contribution in [0.25, 0.3) is 11.0 Å². The van der Waals surface area contributed by atoms with Crippen molar-refractivity contribution in [2.24, 2.45) is 0 Å². The molecular formula is C18H21N5O. The largest absolute Gasteiger partial charge is 0.385 e. The molecule has 0 atom stereocenters. The van der Waals surface area contributed by atoms with Crippen molar-refractivity contribution in [3.63, 3.8) is 0 Å². The van der Waals surface area contributed by atoms with Crippen LogP contribution in [0.1, 0.15) is 29.7 Å². The summed E-state index contributed by atoms with van der Waals surface area (Å²) >= 11 is 0. The molecule has 4 rings (SSSR count). The average Bonchev–Trinajstić information content (AvgIpc) is 3.19. The fraction of sp³-hybridized carbons (Fsp3) is 0.333. The molecule has 0 bridgehead atoms. The molecule has 24 heavy (non-hydrogen) atoms. The number of aromatic amines is 2. The number of hydrogen-bond acceptors (Lipinski definition) is 4. The van der Waals surface area contributed by atoms with Gasteiger partial charge in [-0.05, 0) is 43.1 Å². The Morgan fingerprint density at radius 3 is 2.54 bits per heavy atom. The van der Waals surface area contributed by atoms with Gasteiger partial charge in [0.15, 0.2) is 0 Å². The van der Waals surface area contributed by atoms with Crippen LogP contribution >= 0.6 is 0 Å². The van der Waals surface area contributed by atoms with Gasteiger partial charge in [-0.15, -0.1) is 0 Å². The second-order valence-corrected chi connectivity index (χ2v) is 6.49. The molecule has 0 amide bonds. The van der Waals surface area contributed by atoms with E-state index in [-0.39, 0.29) is 0 Å². The monoisotopic (exact) mass is 323 g/mol. The van der Waals surface area contributed by atoms with Crippen molar-refractivity contribution in [2.45, 2.75) is 25.8 Å². The standard InChI is InChI=1S/C18H21N5O/c19-16-15-10-14(20-17(15)22-18(24)21-16)9-12-3-5-13(6-4-12)11-23-7-1-2-8-23/h3-6,10H,1-2,7-9,11H2,(H4,19,20,21,22,24). The summed E-state index contributed by atoms with van der Waals surface area (Å²) in [5.41, 5.74) is 9.52.